The fourth-order valence-electron chi connectivity index (χ4n) is 6.48. The van der Waals surface area contributed by atoms with Gasteiger partial charge in [-0.05, 0) is 23.8 Å². The fourth-order valence-corrected chi connectivity index (χ4v) is 6.48. The lowest BCUT2D eigenvalue weighted by Gasteiger charge is -2.05. The van der Waals surface area contributed by atoms with E-state index in [1.165, 1.54) is 76.5 Å². The van der Waals surface area contributed by atoms with Gasteiger partial charge in [-0.3, -0.25) is 0 Å². The summed E-state index contributed by atoms with van der Waals surface area (Å²) in [5, 5.41) is 9.26. The summed E-state index contributed by atoms with van der Waals surface area (Å²) in [4.78, 5) is 0. The van der Waals surface area contributed by atoms with Crippen LogP contribution in [0.4, 0.5) is 0 Å². The maximum Gasteiger partial charge on any atom is 0.0641 e. The highest BCUT2D eigenvalue weighted by atomic mass is 15.0. The number of hydrogen-bond donors (Lipinski definition) is 0. The zero-order chi connectivity index (χ0) is 22.0. The lowest BCUT2D eigenvalue weighted by molar-refractivity contribution is 1.31. The molecule has 9 rings (SSSR count). The summed E-state index contributed by atoms with van der Waals surface area (Å²) >= 11 is 0. The lowest BCUT2D eigenvalue weighted by atomic mass is 10.0. The summed E-state index contributed by atoms with van der Waals surface area (Å²) in [6, 6.07) is 40.1. The molecule has 0 aliphatic heterocycles. The molecule has 156 valence electrons. The largest absolute Gasteiger partial charge is 0.308 e. The molecule has 0 fully saturated rings. The monoisotopic (exact) mass is 430 g/mol. The molecule has 0 unspecified atom stereocenters. The maximum absolute atomic E-state index is 2.52. The minimum absolute atomic E-state index is 1.25. The van der Waals surface area contributed by atoms with Crippen LogP contribution >= 0.6 is 0 Å². The molecule has 0 atom stereocenters. The number of aromatic nitrogens is 2. The van der Waals surface area contributed by atoms with Crippen LogP contribution < -0.4 is 0 Å². The summed E-state index contributed by atoms with van der Waals surface area (Å²) in [6.45, 7) is 0. The van der Waals surface area contributed by atoms with Gasteiger partial charge in [0.05, 0.1) is 33.3 Å². The molecular formula is C32H18N2. The van der Waals surface area contributed by atoms with Crippen molar-refractivity contribution in [3.8, 4) is 11.3 Å². The molecule has 0 amide bonds. The summed E-state index contributed by atoms with van der Waals surface area (Å²) < 4.78 is 4.99. The minimum Gasteiger partial charge on any atom is -0.308 e. The average Bonchev–Trinajstić information content (AvgIpc) is 3.63. The number of fused-ring (bicyclic) bond motifs is 10. The van der Waals surface area contributed by atoms with Crippen LogP contribution in [0.2, 0.25) is 0 Å². The van der Waals surface area contributed by atoms with Crippen molar-refractivity contribution in [1.82, 2.24) is 8.80 Å². The van der Waals surface area contributed by atoms with Gasteiger partial charge in [0.15, 0.2) is 0 Å². The standard InChI is InChI=1S/C32H18N2/c1-2-8-19(9-3-1)28-18-20-10-6-12-23-24-16-17-27-29(32(24)34(28)30(20)23)25-14-7-13-22-21-11-4-5-15-26(21)33(27)31(22)25/h1-18H. The van der Waals surface area contributed by atoms with E-state index in [-0.39, 0.29) is 0 Å². The fraction of sp³-hybridized carbons (Fsp3) is 0. The average molecular weight is 431 g/mol. The highest BCUT2D eigenvalue weighted by molar-refractivity contribution is 6.31. The van der Waals surface area contributed by atoms with Crippen molar-refractivity contribution in [2.24, 2.45) is 0 Å². The second-order valence-electron chi connectivity index (χ2n) is 9.38. The Kier molecular flexibility index (Phi) is 2.83. The van der Waals surface area contributed by atoms with Crippen LogP contribution in [0.3, 0.4) is 0 Å². The van der Waals surface area contributed by atoms with Crippen LogP contribution in [0.15, 0.2) is 109 Å². The van der Waals surface area contributed by atoms with Gasteiger partial charge in [-0.15, -0.1) is 0 Å². The molecule has 0 N–H and O–H groups in total. The third-order valence-corrected chi connectivity index (χ3v) is 7.77. The topological polar surface area (TPSA) is 8.82 Å². The van der Waals surface area contributed by atoms with Gasteiger partial charge in [0.25, 0.3) is 0 Å². The first-order chi connectivity index (χ1) is 16.9. The van der Waals surface area contributed by atoms with Gasteiger partial charge in [0.2, 0.25) is 0 Å². The third-order valence-electron chi connectivity index (χ3n) is 7.77. The van der Waals surface area contributed by atoms with Gasteiger partial charge in [-0.1, -0.05) is 91.0 Å². The molecule has 0 aliphatic rings. The van der Waals surface area contributed by atoms with E-state index < -0.39 is 0 Å². The second-order valence-corrected chi connectivity index (χ2v) is 9.38. The Labute approximate surface area is 194 Å². The number of nitrogens with zero attached hydrogens (tertiary/aromatic N) is 2. The van der Waals surface area contributed by atoms with Crippen molar-refractivity contribution >= 4 is 65.3 Å². The Morgan fingerprint density at radius 3 is 2.03 bits per heavy atom. The van der Waals surface area contributed by atoms with Gasteiger partial charge in [0.1, 0.15) is 0 Å². The zero-order valence-electron chi connectivity index (χ0n) is 18.3. The predicted molar refractivity (Wildman–Crippen MR) is 144 cm³/mol. The number of para-hydroxylation sites is 3. The molecule has 0 saturated heterocycles. The molecule has 4 aromatic heterocycles. The first kappa shape index (κ1) is 17.0. The first-order valence-electron chi connectivity index (χ1n) is 11.8. The molecule has 0 aliphatic carbocycles. The summed E-state index contributed by atoms with van der Waals surface area (Å²) in [7, 11) is 0. The minimum atomic E-state index is 1.25. The molecule has 5 aromatic carbocycles. The molecule has 2 nitrogen and oxygen atoms in total. The van der Waals surface area contributed by atoms with E-state index in [1.807, 2.05) is 0 Å². The van der Waals surface area contributed by atoms with Crippen LogP contribution in [0.1, 0.15) is 0 Å². The highest BCUT2D eigenvalue weighted by Crippen LogP contribution is 2.45. The SMILES string of the molecule is c1ccc(-c2cc3cccc4c5ccc6c(c7cccc8c9ccccc9n6c87)c5n2c34)cc1. The Morgan fingerprint density at radius 1 is 0.412 bits per heavy atom. The Balaban J connectivity index is 1.63. The zero-order valence-corrected chi connectivity index (χ0v) is 18.3. The molecule has 0 radical (unpaired) electrons. The molecule has 9 aromatic rings. The van der Waals surface area contributed by atoms with E-state index in [9.17, 15) is 0 Å². The van der Waals surface area contributed by atoms with Gasteiger partial charge >= 0.3 is 0 Å². The Hall–Kier alpha value is -4.56. The van der Waals surface area contributed by atoms with Crippen molar-refractivity contribution in [2.75, 3.05) is 0 Å². The quantitative estimate of drug-likeness (QED) is 0.247. The Morgan fingerprint density at radius 2 is 1.12 bits per heavy atom. The van der Waals surface area contributed by atoms with Gasteiger partial charge in [0, 0.05) is 37.7 Å². The van der Waals surface area contributed by atoms with Crippen LogP contribution in [0.5, 0.6) is 0 Å². The van der Waals surface area contributed by atoms with Crippen molar-refractivity contribution in [3.63, 3.8) is 0 Å². The third kappa shape index (κ3) is 1.79. The van der Waals surface area contributed by atoms with E-state index in [4.69, 9.17) is 0 Å². The van der Waals surface area contributed by atoms with Crippen molar-refractivity contribution in [2.45, 2.75) is 0 Å². The van der Waals surface area contributed by atoms with Crippen LogP contribution in [0.25, 0.3) is 76.5 Å². The van der Waals surface area contributed by atoms with Gasteiger partial charge < -0.3 is 8.80 Å². The molecule has 0 bridgehead atoms. The van der Waals surface area contributed by atoms with Crippen LogP contribution in [0, 0.1) is 0 Å². The second kappa shape index (κ2) is 5.67. The number of hydrogen-bond acceptors (Lipinski definition) is 0. The molecule has 0 saturated carbocycles. The predicted octanol–water partition coefficient (Wildman–Crippen LogP) is 8.50. The lowest BCUT2D eigenvalue weighted by Crippen LogP contribution is -1.87. The maximum atomic E-state index is 2.52. The van der Waals surface area contributed by atoms with E-state index in [0.717, 1.165) is 0 Å². The molecule has 34 heavy (non-hydrogen) atoms. The smallest absolute Gasteiger partial charge is 0.0641 e. The van der Waals surface area contributed by atoms with Gasteiger partial charge in [-0.2, -0.15) is 0 Å². The van der Waals surface area contributed by atoms with Crippen LogP contribution in [-0.4, -0.2) is 8.80 Å². The first-order valence-corrected chi connectivity index (χ1v) is 11.8. The van der Waals surface area contributed by atoms with Gasteiger partial charge in [-0.25, -0.2) is 0 Å². The van der Waals surface area contributed by atoms with Crippen molar-refractivity contribution < 1.29 is 0 Å². The molecule has 2 heteroatoms. The van der Waals surface area contributed by atoms with Crippen molar-refractivity contribution in [3.05, 3.63) is 109 Å². The van der Waals surface area contributed by atoms with E-state index >= 15 is 0 Å². The van der Waals surface area contributed by atoms with E-state index in [1.54, 1.807) is 0 Å². The molecule has 0 spiro atoms. The molecule has 4 heterocycles. The summed E-state index contributed by atoms with van der Waals surface area (Å²) in [5.74, 6) is 0. The van der Waals surface area contributed by atoms with E-state index in [2.05, 4.69) is 118 Å². The number of rotatable bonds is 1. The molecular weight excluding hydrogens is 412 g/mol. The summed E-state index contributed by atoms with van der Waals surface area (Å²) in [5.41, 5.74) is 9.01. The summed E-state index contributed by atoms with van der Waals surface area (Å²) in [6.07, 6.45) is 0. The van der Waals surface area contributed by atoms with E-state index in [0.29, 0.717) is 0 Å². The Bertz CT molecular complexity index is 2210. The highest BCUT2D eigenvalue weighted by Gasteiger charge is 2.23. The normalized spacial score (nSPS) is 12.7. The number of benzene rings is 5. The van der Waals surface area contributed by atoms with Crippen LogP contribution in [-0.2, 0) is 0 Å². The van der Waals surface area contributed by atoms with Crippen molar-refractivity contribution in [1.29, 1.82) is 0 Å².